The van der Waals surface area contributed by atoms with Gasteiger partial charge < -0.3 is 9.94 Å². The molecule has 0 spiro atoms. The van der Waals surface area contributed by atoms with Crippen LogP contribution in [0, 0.1) is 0 Å². The Morgan fingerprint density at radius 3 is 2.62 bits per heavy atom. The monoisotopic (exact) mass is 215 g/mol. The third kappa shape index (κ3) is 1.87. The Morgan fingerprint density at radius 1 is 1.38 bits per heavy atom. The van der Waals surface area contributed by atoms with Crippen molar-refractivity contribution in [2.45, 2.75) is 6.29 Å². The van der Waals surface area contributed by atoms with Crippen molar-refractivity contribution < 1.29 is 9.94 Å². The molecule has 3 nitrogen and oxygen atoms in total. The van der Waals surface area contributed by atoms with Gasteiger partial charge in [0.05, 0.1) is 0 Å². The molecule has 5 heteroatoms. The van der Waals surface area contributed by atoms with Gasteiger partial charge in [-0.25, -0.2) is 4.89 Å². The average molecular weight is 216 g/mol. The van der Waals surface area contributed by atoms with Crippen LogP contribution >= 0.6 is 11.6 Å². The highest BCUT2D eigenvalue weighted by Crippen LogP contribution is 2.16. The second kappa shape index (κ2) is 3.69. The summed E-state index contributed by atoms with van der Waals surface area (Å²) >= 11 is 6.86. The van der Waals surface area contributed by atoms with E-state index in [-0.39, 0.29) is 0 Å². The summed E-state index contributed by atoms with van der Waals surface area (Å²) in [6.07, 6.45) is -0.939. The fourth-order valence-corrected chi connectivity index (χ4v) is 1.71. The maximum Gasteiger partial charge on any atom is 0.251 e. The molecule has 1 heterocycles. The average Bonchev–Trinajstić information content (AvgIpc) is 2.53. The molecule has 68 valence electrons. The lowest BCUT2D eigenvalue weighted by Gasteiger charge is -2.03. The second-order valence-corrected chi connectivity index (χ2v) is 3.70. The van der Waals surface area contributed by atoms with Gasteiger partial charge in [-0.3, -0.25) is 0 Å². The quantitative estimate of drug-likeness (QED) is 0.438. The molecule has 1 atom stereocenters. The van der Waals surface area contributed by atoms with E-state index in [1.165, 1.54) is 0 Å². The summed E-state index contributed by atoms with van der Waals surface area (Å²) in [5.74, 6) is 0. The highest BCUT2D eigenvalue weighted by Gasteiger charge is 2.24. The van der Waals surface area contributed by atoms with Crippen molar-refractivity contribution in [1.82, 2.24) is 0 Å². The molecule has 0 saturated carbocycles. The molecule has 1 unspecified atom stereocenters. The van der Waals surface area contributed by atoms with Crippen molar-refractivity contribution in [3.63, 3.8) is 0 Å². The zero-order chi connectivity index (χ0) is 9.26. The minimum Gasteiger partial charge on any atom is -0.401 e. The van der Waals surface area contributed by atoms with E-state index in [4.69, 9.17) is 11.6 Å². The third-order valence-electron chi connectivity index (χ3n) is 1.63. The molecular weight excluding hydrogens is 210 g/mol. The van der Waals surface area contributed by atoms with E-state index in [1.807, 2.05) is 12.1 Å². The highest BCUT2D eigenvalue weighted by molar-refractivity contribution is 7.82. The number of aliphatic hydroxyl groups excluding tert-OH is 1. The van der Waals surface area contributed by atoms with Crippen molar-refractivity contribution in [1.29, 1.82) is 0 Å². The van der Waals surface area contributed by atoms with Gasteiger partial charge in [0.15, 0.2) is 0 Å². The van der Waals surface area contributed by atoms with Crippen molar-refractivity contribution in [2.75, 3.05) is 0 Å². The van der Waals surface area contributed by atoms with E-state index in [2.05, 4.69) is 9.72 Å². The Kier molecular flexibility index (Phi) is 2.57. The Morgan fingerprint density at radius 2 is 2.08 bits per heavy atom. The van der Waals surface area contributed by atoms with Gasteiger partial charge in [0, 0.05) is 10.6 Å². The van der Waals surface area contributed by atoms with Crippen LogP contribution in [0.2, 0.25) is 5.02 Å². The SMILES string of the molecule is OC1O[N-][S+]=C1c1ccc(Cl)cc1. The number of rotatable bonds is 1. The minimum absolute atomic E-state index is 0.666. The second-order valence-electron chi connectivity index (χ2n) is 2.49. The number of halogens is 1. The molecule has 0 aliphatic carbocycles. The molecule has 0 fully saturated rings. The fourth-order valence-electron chi connectivity index (χ4n) is 1.00. The molecule has 0 bridgehead atoms. The van der Waals surface area contributed by atoms with Gasteiger partial charge in [0.2, 0.25) is 6.29 Å². The summed E-state index contributed by atoms with van der Waals surface area (Å²) in [4.78, 5) is 8.86. The largest absolute Gasteiger partial charge is 0.401 e. The van der Waals surface area contributed by atoms with Gasteiger partial charge in [-0.05, 0) is 24.3 Å². The van der Waals surface area contributed by atoms with E-state index in [9.17, 15) is 5.11 Å². The van der Waals surface area contributed by atoms with Gasteiger partial charge in [-0.1, -0.05) is 11.6 Å². The first-order valence-corrected chi connectivity index (χ1v) is 4.76. The van der Waals surface area contributed by atoms with Gasteiger partial charge in [0.25, 0.3) is 4.86 Å². The molecule has 13 heavy (non-hydrogen) atoms. The molecule has 1 N–H and O–H groups in total. The summed E-state index contributed by atoms with van der Waals surface area (Å²) in [6.45, 7) is 0. The van der Waals surface area contributed by atoms with Gasteiger partial charge in [0.1, 0.15) is 11.5 Å². The van der Waals surface area contributed by atoms with Gasteiger partial charge in [-0.15, -0.1) is 0 Å². The van der Waals surface area contributed by atoms with Crippen molar-refractivity contribution >= 4 is 28.0 Å². The number of nitrogens with zero attached hydrogens (tertiary/aromatic N) is 1. The molecule has 1 aromatic carbocycles. The normalized spacial score (nSPS) is 21.7. The van der Waals surface area contributed by atoms with Crippen molar-refractivity contribution in [3.05, 3.63) is 39.7 Å². The minimum atomic E-state index is -0.939. The number of benzene rings is 1. The predicted molar refractivity (Wildman–Crippen MR) is 53.4 cm³/mol. The number of hydrogen-bond donors (Lipinski definition) is 1. The number of hydrogen-bond acceptors (Lipinski definition) is 2. The Labute approximate surface area is 84.3 Å². The van der Waals surface area contributed by atoms with Gasteiger partial charge >= 0.3 is 0 Å². The highest BCUT2D eigenvalue weighted by atomic mass is 35.5. The van der Waals surface area contributed by atoms with Crippen LogP contribution in [0.15, 0.2) is 24.3 Å². The Bertz CT molecular complexity index is 339. The summed E-state index contributed by atoms with van der Waals surface area (Å²) in [5, 5.41) is 9.97. The molecule has 1 aromatic rings. The molecule has 0 aromatic heterocycles. The fraction of sp³-hybridized carbons (Fsp3) is 0.125. The Balaban J connectivity index is 2.30. The van der Waals surface area contributed by atoms with E-state index in [0.717, 1.165) is 17.1 Å². The molecule has 0 amide bonds. The maximum absolute atomic E-state index is 9.30. The lowest BCUT2D eigenvalue weighted by atomic mass is 10.1. The van der Waals surface area contributed by atoms with Crippen LogP contribution in [0.25, 0.3) is 4.89 Å². The van der Waals surface area contributed by atoms with E-state index in [1.54, 1.807) is 12.1 Å². The van der Waals surface area contributed by atoms with Crippen LogP contribution in [0.1, 0.15) is 5.56 Å². The van der Waals surface area contributed by atoms with E-state index < -0.39 is 6.29 Å². The summed E-state index contributed by atoms with van der Waals surface area (Å²) < 4.78 is 0. The molecular formula is C8H6ClNO2S. The zero-order valence-corrected chi connectivity index (χ0v) is 8.05. The first-order chi connectivity index (χ1) is 6.27. The van der Waals surface area contributed by atoms with Crippen molar-refractivity contribution in [2.24, 2.45) is 0 Å². The van der Waals surface area contributed by atoms with Crippen LogP contribution in [-0.2, 0) is 16.4 Å². The number of aliphatic hydroxyl groups is 1. The molecule has 1 aliphatic rings. The first kappa shape index (κ1) is 9.05. The molecule has 0 radical (unpaired) electrons. The van der Waals surface area contributed by atoms with Crippen LogP contribution in [-0.4, -0.2) is 16.3 Å². The lowest BCUT2D eigenvalue weighted by molar-refractivity contribution is 0.00683. The van der Waals surface area contributed by atoms with Crippen LogP contribution in [0.4, 0.5) is 0 Å². The summed E-state index contributed by atoms with van der Waals surface area (Å²) in [5.41, 5.74) is 0.878. The maximum atomic E-state index is 9.30. The van der Waals surface area contributed by atoms with E-state index >= 15 is 0 Å². The standard InChI is InChI=1S/C8H6ClNO2S/c9-6-3-1-5(2-4-6)7-8(11)12-10-13-7/h1-4,8,11H. The molecule has 1 aliphatic heterocycles. The lowest BCUT2D eigenvalue weighted by Crippen LogP contribution is -2.18. The molecule has 2 rings (SSSR count). The molecule has 0 saturated heterocycles. The smallest absolute Gasteiger partial charge is 0.251 e. The Hall–Kier alpha value is -0.520. The van der Waals surface area contributed by atoms with Crippen LogP contribution in [0.5, 0.6) is 0 Å². The van der Waals surface area contributed by atoms with Crippen LogP contribution < -0.4 is 0 Å². The third-order valence-corrected chi connectivity index (χ3v) is 2.68. The zero-order valence-electron chi connectivity index (χ0n) is 6.48. The van der Waals surface area contributed by atoms with Crippen LogP contribution in [0.3, 0.4) is 0 Å². The van der Waals surface area contributed by atoms with E-state index in [0.29, 0.717) is 9.89 Å². The summed E-state index contributed by atoms with van der Waals surface area (Å²) in [6, 6.07) is 7.15. The predicted octanol–water partition coefficient (Wildman–Crippen LogP) is 1.50. The van der Waals surface area contributed by atoms with Gasteiger partial charge in [-0.2, -0.15) is 0 Å². The van der Waals surface area contributed by atoms with Crippen molar-refractivity contribution in [3.8, 4) is 0 Å². The first-order valence-electron chi connectivity index (χ1n) is 3.61. The summed E-state index contributed by atoms with van der Waals surface area (Å²) in [7, 11) is 0. The topological polar surface area (TPSA) is 43.6 Å².